The number of thiophene rings is 1. The Labute approximate surface area is 102 Å². The van der Waals surface area contributed by atoms with Gasteiger partial charge in [-0.25, -0.2) is 0 Å². The summed E-state index contributed by atoms with van der Waals surface area (Å²) in [5.74, 6) is 0.545. The summed E-state index contributed by atoms with van der Waals surface area (Å²) in [4.78, 5) is 2.52. The van der Waals surface area contributed by atoms with Gasteiger partial charge in [0.2, 0.25) is 0 Å². The number of hydrogen-bond acceptors (Lipinski definition) is 4. The molecule has 0 amide bonds. The summed E-state index contributed by atoms with van der Waals surface area (Å²) < 4.78 is 5.23. The molecule has 0 fully saturated rings. The Morgan fingerprint density at radius 3 is 2.88 bits per heavy atom. The van der Waals surface area contributed by atoms with Crippen molar-refractivity contribution in [1.82, 2.24) is 10.2 Å². The van der Waals surface area contributed by atoms with Gasteiger partial charge in [0.05, 0.1) is 4.88 Å². The molecular formula is C11H11ClN2OS. The molecule has 0 N–H and O–H groups in total. The van der Waals surface area contributed by atoms with Crippen LogP contribution < -0.4 is 0 Å². The van der Waals surface area contributed by atoms with Gasteiger partial charge in [-0.3, -0.25) is 0 Å². The van der Waals surface area contributed by atoms with Crippen molar-refractivity contribution in [3.63, 3.8) is 0 Å². The fourth-order valence-electron chi connectivity index (χ4n) is 2.08. The van der Waals surface area contributed by atoms with Gasteiger partial charge in [0.1, 0.15) is 0 Å². The molecule has 0 aromatic carbocycles. The van der Waals surface area contributed by atoms with Crippen molar-refractivity contribution in [3.8, 4) is 10.8 Å². The van der Waals surface area contributed by atoms with Crippen molar-refractivity contribution in [2.24, 2.45) is 0 Å². The molecule has 2 aromatic rings. The molecule has 0 unspecified atom stereocenters. The molecular weight excluding hydrogens is 244 g/mol. The van der Waals surface area contributed by atoms with Gasteiger partial charge in [0.15, 0.2) is 0 Å². The van der Waals surface area contributed by atoms with Crippen molar-refractivity contribution in [3.05, 3.63) is 21.9 Å². The maximum Gasteiger partial charge on any atom is 0.313 e. The molecule has 3 rings (SSSR count). The molecule has 0 radical (unpaired) electrons. The van der Waals surface area contributed by atoms with Gasteiger partial charge in [0.25, 0.3) is 5.89 Å². The van der Waals surface area contributed by atoms with Crippen LogP contribution in [0.5, 0.6) is 0 Å². The molecule has 0 bridgehead atoms. The highest BCUT2D eigenvalue weighted by Gasteiger charge is 2.16. The van der Waals surface area contributed by atoms with Gasteiger partial charge >= 0.3 is 5.35 Å². The van der Waals surface area contributed by atoms with Crippen LogP contribution in [-0.2, 0) is 12.8 Å². The Hall–Kier alpha value is -0.870. The summed E-state index contributed by atoms with van der Waals surface area (Å²) in [5.41, 5.74) is 1.45. The average molecular weight is 255 g/mol. The van der Waals surface area contributed by atoms with Crippen molar-refractivity contribution < 1.29 is 4.42 Å². The third-order valence-corrected chi connectivity index (χ3v) is 4.24. The molecule has 2 heterocycles. The van der Waals surface area contributed by atoms with Gasteiger partial charge in [0, 0.05) is 4.88 Å². The first kappa shape index (κ1) is 10.3. The highest BCUT2D eigenvalue weighted by molar-refractivity contribution is 7.15. The topological polar surface area (TPSA) is 38.9 Å². The van der Waals surface area contributed by atoms with Gasteiger partial charge in [-0.15, -0.1) is 16.4 Å². The number of aryl methyl sites for hydroxylation is 2. The van der Waals surface area contributed by atoms with Crippen LogP contribution in [0, 0.1) is 0 Å². The molecule has 16 heavy (non-hydrogen) atoms. The first-order valence-electron chi connectivity index (χ1n) is 5.44. The van der Waals surface area contributed by atoms with E-state index in [2.05, 4.69) is 16.3 Å². The maximum absolute atomic E-state index is 5.63. The average Bonchev–Trinajstić information content (AvgIpc) is 2.81. The Bertz CT molecular complexity index is 482. The van der Waals surface area contributed by atoms with Crippen LogP contribution in [0.4, 0.5) is 0 Å². The number of nitrogens with zero attached hydrogens (tertiary/aromatic N) is 2. The van der Waals surface area contributed by atoms with E-state index in [9.17, 15) is 0 Å². The third kappa shape index (κ3) is 1.87. The summed E-state index contributed by atoms with van der Waals surface area (Å²) in [7, 11) is 0. The first-order valence-corrected chi connectivity index (χ1v) is 6.63. The zero-order chi connectivity index (χ0) is 11.0. The van der Waals surface area contributed by atoms with E-state index in [0.717, 1.165) is 4.88 Å². The quantitative estimate of drug-likeness (QED) is 0.728. The predicted octanol–water partition coefficient (Wildman–Crippen LogP) is 3.72. The summed E-state index contributed by atoms with van der Waals surface area (Å²) in [6, 6.07) is 2.18. The van der Waals surface area contributed by atoms with Gasteiger partial charge in [-0.05, 0) is 48.9 Å². The van der Waals surface area contributed by atoms with E-state index in [1.165, 1.54) is 42.5 Å². The minimum absolute atomic E-state index is 0.110. The number of rotatable bonds is 1. The first-order chi connectivity index (χ1) is 7.83. The van der Waals surface area contributed by atoms with Crippen LogP contribution >= 0.6 is 22.9 Å². The van der Waals surface area contributed by atoms with Crippen LogP contribution in [0.15, 0.2) is 10.5 Å². The Balaban J connectivity index is 1.98. The van der Waals surface area contributed by atoms with Gasteiger partial charge < -0.3 is 4.42 Å². The fraction of sp³-hybridized carbons (Fsp3) is 0.455. The summed E-state index contributed by atoms with van der Waals surface area (Å²) >= 11 is 7.39. The lowest BCUT2D eigenvalue weighted by Gasteiger charge is -1.92. The molecule has 0 saturated heterocycles. The molecule has 0 saturated carbocycles. The molecule has 0 aliphatic heterocycles. The summed E-state index contributed by atoms with van der Waals surface area (Å²) in [6.45, 7) is 0. The monoisotopic (exact) mass is 254 g/mol. The summed E-state index contributed by atoms with van der Waals surface area (Å²) in [5, 5.41) is 7.70. The van der Waals surface area contributed by atoms with E-state index >= 15 is 0 Å². The van der Waals surface area contributed by atoms with E-state index in [1.807, 2.05) is 0 Å². The Morgan fingerprint density at radius 1 is 1.19 bits per heavy atom. The van der Waals surface area contributed by atoms with Crippen LogP contribution in [0.1, 0.15) is 29.7 Å². The zero-order valence-electron chi connectivity index (χ0n) is 8.70. The highest BCUT2D eigenvalue weighted by atomic mass is 35.5. The Morgan fingerprint density at radius 2 is 2.06 bits per heavy atom. The van der Waals surface area contributed by atoms with Crippen molar-refractivity contribution in [1.29, 1.82) is 0 Å². The zero-order valence-corrected chi connectivity index (χ0v) is 10.3. The van der Waals surface area contributed by atoms with Crippen molar-refractivity contribution in [2.45, 2.75) is 32.1 Å². The molecule has 1 aliphatic rings. The second-order valence-electron chi connectivity index (χ2n) is 3.98. The fourth-order valence-corrected chi connectivity index (χ4v) is 3.36. The molecule has 0 atom stereocenters. The molecule has 5 heteroatoms. The number of fused-ring (bicyclic) bond motifs is 1. The van der Waals surface area contributed by atoms with E-state index in [1.54, 1.807) is 11.3 Å². The minimum Gasteiger partial charge on any atom is -0.407 e. The molecule has 3 nitrogen and oxygen atoms in total. The van der Waals surface area contributed by atoms with Gasteiger partial charge in [-0.1, -0.05) is 11.5 Å². The molecule has 0 spiro atoms. The third-order valence-electron chi connectivity index (χ3n) is 2.86. The maximum atomic E-state index is 5.63. The van der Waals surface area contributed by atoms with Crippen LogP contribution in [0.2, 0.25) is 5.35 Å². The second kappa shape index (κ2) is 4.18. The van der Waals surface area contributed by atoms with Crippen molar-refractivity contribution in [2.75, 3.05) is 0 Å². The van der Waals surface area contributed by atoms with Gasteiger partial charge in [-0.2, -0.15) is 0 Å². The highest BCUT2D eigenvalue weighted by Crippen LogP contribution is 2.34. The van der Waals surface area contributed by atoms with E-state index in [4.69, 9.17) is 16.0 Å². The minimum atomic E-state index is 0.110. The summed E-state index contributed by atoms with van der Waals surface area (Å²) in [6.07, 6.45) is 6.27. The lowest BCUT2D eigenvalue weighted by Crippen LogP contribution is -1.80. The van der Waals surface area contributed by atoms with E-state index in [0.29, 0.717) is 5.89 Å². The predicted molar refractivity (Wildman–Crippen MR) is 63.9 cm³/mol. The standard InChI is InChI=1S/C11H11ClN2OS/c12-11-14-13-10(15-11)9-6-7-4-2-1-3-5-8(7)16-9/h6H,1-5H2. The van der Waals surface area contributed by atoms with Crippen LogP contribution in [0.3, 0.4) is 0 Å². The number of halogens is 1. The van der Waals surface area contributed by atoms with E-state index < -0.39 is 0 Å². The Kier molecular flexibility index (Phi) is 2.69. The smallest absolute Gasteiger partial charge is 0.313 e. The number of aromatic nitrogens is 2. The van der Waals surface area contributed by atoms with E-state index in [-0.39, 0.29) is 5.35 Å². The SMILES string of the molecule is Clc1nnc(-c2cc3c(s2)CCCCC3)o1. The van der Waals surface area contributed by atoms with Crippen molar-refractivity contribution >= 4 is 22.9 Å². The second-order valence-corrected chi connectivity index (χ2v) is 5.44. The molecule has 1 aliphatic carbocycles. The number of hydrogen-bond donors (Lipinski definition) is 0. The molecule has 84 valence electrons. The molecule has 2 aromatic heterocycles. The largest absolute Gasteiger partial charge is 0.407 e. The lowest BCUT2D eigenvalue weighted by molar-refractivity contribution is 0.572. The lowest BCUT2D eigenvalue weighted by atomic mass is 10.1. The normalized spacial score (nSPS) is 15.8. The van der Waals surface area contributed by atoms with Crippen LogP contribution in [0.25, 0.3) is 10.8 Å². The van der Waals surface area contributed by atoms with Crippen LogP contribution in [-0.4, -0.2) is 10.2 Å².